The molecule has 1 aliphatic heterocycles. The summed E-state index contributed by atoms with van der Waals surface area (Å²) >= 11 is 0. The van der Waals surface area contributed by atoms with E-state index in [0.717, 1.165) is 0 Å². The molecule has 0 spiro atoms. The van der Waals surface area contributed by atoms with Crippen LogP contribution in [0.25, 0.3) is 0 Å². The second-order valence-corrected chi connectivity index (χ2v) is 6.55. The van der Waals surface area contributed by atoms with Crippen molar-refractivity contribution in [2.24, 2.45) is 0 Å². The second kappa shape index (κ2) is 4.40. The van der Waals surface area contributed by atoms with Crippen molar-refractivity contribution < 1.29 is 8.42 Å². The number of hydrogen-bond acceptors (Lipinski definition) is 6. The third-order valence-corrected chi connectivity index (χ3v) is 4.58. The third kappa shape index (κ3) is 3.00. The summed E-state index contributed by atoms with van der Waals surface area (Å²) in [4.78, 5) is 4.10. The molecule has 0 atom stereocenters. The average Bonchev–Trinajstić information content (AvgIpc) is 2.27. The molecule has 0 radical (unpaired) electrons. The molecule has 0 amide bonds. The van der Waals surface area contributed by atoms with E-state index in [1.165, 1.54) is 0 Å². The molecule has 0 unspecified atom stereocenters. The molecule has 1 aromatic heterocycles. The number of sulfone groups is 1. The molecule has 0 bridgehead atoms. The fraction of sp³-hybridized carbons (Fsp3) is 0.500. The van der Waals surface area contributed by atoms with Crippen molar-refractivity contribution in [2.75, 3.05) is 28.3 Å². The van der Waals surface area contributed by atoms with Crippen LogP contribution >= 0.6 is 0 Å². The molecule has 1 fully saturated rings. The van der Waals surface area contributed by atoms with Crippen LogP contribution < -0.4 is 16.8 Å². The fourth-order valence-corrected chi connectivity index (χ4v) is 3.30. The Labute approximate surface area is 100 Å². The zero-order valence-electron chi connectivity index (χ0n) is 9.39. The summed E-state index contributed by atoms with van der Waals surface area (Å²) in [5.74, 6) is 1.39. The van der Waals surface area contributed by atoms with Crippen molar-refractivity contribution in [1.82, 2.24) is 4.98 Å². The van der Waals surface area contributed by atoms with Gasteiger partial charge in [0.05, 0.1) is 17.2 Å². The Balaban J connectivity index is 2.00. The highest BCUT2D eigenvalue weighted by atomic mass is 32.2. The Hall–Kier alpha value is -1.50. The first-order valence-corrected chi connectivity index (χ1v) is 7.27. The van der Waals surface area contributed by atoms with Gasteiger partial charge in [0.2, 0.25) is 0 Å². The molecule has 6 nitrogen and oxygen atoms in total. The van der Waals surface area contributed by atoms with E-state index < -0.39 is 9.84 Å². The minimum absolute atomic E-state index is 0.133. The van der Waals surface area contributed by atoms with E-state index in [0.29, 0.717) is 30.2 Å². The predicted molar refractivity (Wildman–Crippen MR) is 68.4 cm³/mol. The third-order valence-electron chi connectivity index (χ3n) is 2.86. The van der Waals surface area contributed by atoms with E-state index in [1.807, 2.05) is 0 Å². The molecule has 0 aromatic carbocycles. The van der Waals surface area contributed by atoms with E-state index in [1.54, 1.807) is 12.1 Å². The number of hydrogen-bond donors (Lipinski definition) is 3. The maximum Gasteiger partial charge on any atom is 0.150 e. The van der Waals surface area contributed by atoms with Gasteiger partial charge in [0, 0.05) is 6.04 Å². The van der Waals surface area contributed by atoms with Crippen LogP contribution in [0, 0.1) is 0 Å². The monoisotopic (exact) mass is 256 g/mol. The number of pyridine rings is 1. The Bertz CT molecular complexity index is 501. The van der Waals surface area contributed by atoms with Crippen LogP contribution in [0.5, 0.6) is 0 Å². The summed E-state index contributed by atoms with van der Waals surface area (Å²) in [6.07, 6.45) is 1.21. The van der Waals surface area contributed by atoms with Crippen LogP contribution in [0.3, 0.4) is 0 Å². The lowest BCUT2D eigenvalue weighted by Gasteiger charge is -2.23. The Morgan fingerprint density at radius 3 is 2.47 bits per heavy atom. The first kappa shape index (κ1) is 12.0. The molecule has 0 aliphatic carbocycles. The van der Waals surface area contributed by atoms with E-state index in [9.17, 15) is 8.42 Å². The minimum Gasteiger partial charge on any atom is -0.396 e. The van der Waals surface area contributed by atoms with Crippen molar-refractivity contribution in [2.45, 2.75) is 18.9 Å². The minimum atomic E-state index is -2.83. The molecule has 2 heterocycles. The Kier molecular flexibility index (Phi) is 3.10. The molecule has 94 valence electrons. The van der Waals surface area contributed by atoms with Gasteiger partial charge in [0.1, 0.15) is 21.5 Å². The summed E-state index contributed by atoms with van der Waals surface area (Å²) in [7, 11) is -2.83. The van der Waals surface area contributed by atoms with E-state index >= 15 is 0 Å². The van der Waals surface area contributed by atoms with Gasteiger partial charge in [-0.3, -0.25) is 0 Å². The highest BCUT2D eigenvalue weighted by molar-refractivity contribution is 7.91. The number of nitrogens with two attached hydrogens (primary N) is 2. The Morgan fingerprint density at radius 2 is 1.88 bits per heavy atom. The van der Waals surface area contributed by atoms with E-state index in [4.69, 9.17) is 11.5 Å². The fourth-order valence-electron chi connectivity index (χ4n) is 1.81. The maximum absolute atomic E-state index is 11.3. The summed E-state index contributed by atoms with van der Waals surface area (Å²) in [6.45, 7) is 0. The number of rotatable bonds is 2. The lowest BCUT2D eigenvalue weighted by molar-refractivity contribution is 0.559. The van der Waals surface area contributed by atoms with Crippen LogP contribution in [0.1, 0.15) is 12.8 Å². The molecule has 5 N–H and O–H groups in total. The van der Waals surface area contributed by atoms with Gasteiger partial charge < -0.3 is 16.8 Å². The van der Waals surface area contributed by atoms with Gasteiger partial charge in [-0.05, 0) is 25.0 Å². The number of nitrogens with one attached hydrogen (secondary N) is 1. The molecule has 2 rings (SSSR count). The summed E-state index contributed by atoms with van der Waals surface area (Å²) < 4.78 is 22.5. The molecule has 17 heavy (non-hydrogen) atoms. The average molecular weight is 256 g/mol. The quantitative estimate of drug-likeness (QED) is 0.698. The molecule has 1 saturated heterocycles. The second-order valence-electron chi connectivity index (χ2n) is 4.24. The summed E-state index contributed by atoms with van der Waals surface area (Å²) in [6, 6.07) is 3.56. The number of anilines is 3. The van der Waals surface area contributed by atoms with Crippen molar-refractivity contribution in [3.63, 3.8) is 0 Å². The van der Waals surface area contributed by atoms with Crippen LogP contribution in [-0.2, 0) is 9.84 Å². The normalized spacial score (nSPS) is 20.0. The van der Waals surface area contributed by atoms with Crippen molar-refractivity contribution >= 4 is 27.2 Å². The summed E-state index contributed by atoms with van der Waals surface area (Å²) in [5, 5.41) is 3.18. The molecule has 1 aromatic rings. The lowest BCUT2D eigenvalue weighted by Crippen LogP contribution is -2.32. The molecule has 1 aliphatic rings. The first-order chi connectivity index (χ1) is 7.96. The van der Waals surface area contributed by atoms with Crippen LogP contribution in [0.4, 0.5) is 17.3 Å². The maximum atomic E-state index is 11.3. The van der Waals surface area contributed by atoms with Gasteiger partial charge in [-0.25, -0.2) is 13.4 Å². The molecular weight excluding hydrogens is 240 g/mol. The van der Waals surface area contributed by atoms with Gasteiger partial charge in [0.25, 0.3) is 0 Å². The first-order valence-electron chi connectivity index (χ1n) is 5.45. The van der Waals surface area contributed by atoms with Crippen LogP contribution in [-0.4, -0.2) is 30.9 Å². The number of nitrogens with zero attached hydrogens (tertiary/aromatic N) is 1. The van der Waals surface area contributed by atoms with Crippen LogP contribution in [0.15, 0.2) is 12.1 Å². The van der Waals surface area contributed by atoms with Gasteiger partial charge in [-0.2, -0.15) is 0 Å². The SMILES string of the molecule is Nc1ccc(NC2CCS(=O)(=O)CC2)nc1N. The number of nitrogen functional groups attached to an aromatic ring is 2. The summed E-state index contributed by atoms with van der Waals surface area (Å²) in [5.41, 5.74) is 11.6. The smallest absolute Gasteiger partial charge is 0.150 e. The lowest BCUT2D eigenvalue weighted by atomic mass is 10.1. The molecule has 7 heteroatoms. The van der Waals surface area contributed by atoms with Gasteiger partial charge in [-0.1, -0.05) is 0 Å². The number of aromatic nitrogens is 1. The largest absolute Gasteiger partial charge is 0.396 e. The van der Waals surface area contributed by atoms with Crippen LogP contribution in [0.2, 0.25) is 0 Å². The highest BCUT2D eigenvalue weighted by Gasteiger charge is 2.23. The Morgan fingerprint density at radius 1 is 1.24 bits per heavy atom. The van der Waals surface area contributed by atoms with E-state index in [2.05, 4.69) is 10.3 Å². The van der Waals surface area contributed by atoms with Gasteiger partial charge >= 0.3 is 0 Å². The van der Waals surface area contributed by atoms with Crippen molar-refractivity contribution in [1.29, 1.82) is 0 Å². The zero-order valence-corrected chi connectivity index (χ0v) is 10.2. The predicted octanol–water partition coefficient (Wildman–Crippen LogP) is 0.235. The molecular formula is C10H16N4O2S. The zero-order chi connectivity index (χ0) is 12.5. The standard InChI is InChI=1S/C10H16N4O2S/c11-8-1-2-9(14-10(8)12)13-7-3-5-17(15,16)6-4-7/h1-2,7H,3-6,11H2,(H3,12,13,14). The van der Waals surface area contributed by atoms with Gasteiger partial charge in [-0.15, -0.1) is 0 Å². The highest BCUT2D eigenvalue weighted by Crippen LogP contribution is 2.19. The van der Waals surface area contributed by atoms with Crippen molar-refractivity contribution in [3.05, 3.63) is 12.1 Å². The van der Waals surface area contributed by atoms with Crippen molar-refractivity contribution in [3.8, 4) is 0 Å². The van der Waals surface area contributed by atoms with E-state index in [-0.39, 0.29) is 17.5 Å². The van der Waals surface area contributed by atoms with Gasteiger partial charge in [0.15, 0.2) is 0 Å². The molecule has 0 saturated carbocycles. The topological polar surface area (TPSA) is 111 Å².